The number of piperazine rings is 1. The number of alkyl halides is 3. The maximum Gasteiger partial charge on any atom is 0.418 e. The van der Waals surface area contributed by atoms with E-state index in [0.717, 1.165) is 96.3 Å². The van der Waals surface area contributed by atoms with Crippen molar-refractivity contribution in [3.8, 4) is 17.0 Å². The topological polar surface area (TPSA) is 131 Å². The monoisotopic (exact) mass is 820 g/mol. The summed E-state index contributed by atoms with van der Waals surface area (Å²) in [6.07, 6.45) is 0.799. The summed E-state index contributed by atoms with van der Waals surface area (Å²) in [4.78, 5) is 45.8. The van der Waals surface area contributed by atoms with Gasteiger partial charge >= 0.3 is 12.2 Å². The molecule has 5 aromatic rings. The molecule has 13 nitrogen and oxygen atoms in total. The molecule has 0 aliphatic carbocycles. The summed E-state index contributed by atoms with van der Waals surface area (Å²) in [5.74, 6) is 0.930. The zero-order valence-electron chi connectivity index (χ0n) is 33.6. The van der Waals surface area contributed by atoms with Crippen molar-refractivity contribution < 1.29 is 27.5 Å². The van der Waals surface area contributed by atoms with Crippen LogP contribution in [0, 0.1) is 19.8 Å². The van der Waals surface area contributed by atoms with Crippen LogP contribution in [0.3, 0.4) is 0 Å². The number of halogens is 3. The second kappa shape index (κ2) is 16.1. The number of hydrogen-bond acceptors (Lipinski definition) is 11. The normalized spacial score (nSPS) is 17.9. The number of urea groups is 1. The first-order valence-corrected chi connectivity index (χ1v) is 20.5. The quantitative estimate of drug-likeness (QED) is 0.145. The number of carbonyl (C=O) groups is 2. The number of aromatic nitrogens is 3. The lowest BCUT2D eigenvalue weighted by molar-refractivity contribution is -0.137. The van der Waals surface area contributed by atoms with Crippen LogP contribution in [0.5, 0.6) is 5.88 Å². The Hall–Kier alpha value is -6.16. The first kappa shape index (κ1) is 39.3. The van der Waals surface area contributed by atoms with Crippen LogP contribution in [-0.2, 0) is 11.0 Å². The molecule has 3 amide bonds. The van der Waals surface area contributed by atoms with Crippen molar-refractivity contribution in [1.29, 1.82) is 0 Å². The molecule has 0 atom stereocenters. The van der Waals surface area contributed by atoms with Gasteiger partial charge in [-0.15, -0.1) is 0 Å². The van der Waals surface area contributed by atoms with Crippen molar-refractivity contribution in [2.24, 2.45) is 5.92 Å². The summed E-state index contributed by atoms with van der Waals surface area (Å²) in [5, 5.41) is 9.58. The molecule has 3 N–H and O–H groups in total. The standard InChI is InChI=1S/C44H47F3N10O3/c1-27-21-33(6-8-37(27)57-15-11-39(58)53-43(57)59)55-18-16-54(17-19-55)26-29-9-13-56(14-10-29)38-7-5-32(23-35(38)44(45,46)47)51-42-50-24-31-4-3-30(22-36(31)52-42)34-25-49-41-40(28(34)2)48-12-20-60-41/h3-8,21-25,29,48H,9-20,26H2,1-2H3,(H,50,51,52)(H,53,58,59). The number of anilines is 6. The predicted octanol–water partition coefficient (Wildman–Crippen LogP) is 7.36. The molecular formula is C44H47F3N10O3. The molecule has 0 bridgehead atoms. The molecule has 16 heteroatoms. The highest BCUT2D eigenvalue weighted by Crippen LogP contribution is 2.41. The molecule has 3 fully saturated rings. The zero-order valence-corrected chi connectivity index (χ0v) is 33.6. The lowest BCUT2D eigenvalue weighted by atomic mass is 9.94. The van der Waals surface area contributed by atoms with Crippen LogP contribution >= 0.6 is 0 Å². The molecule has 0 saturated carbocycles. The molecule has 0 radical (unpaired) electrons. The molecule has 2 aromatic heterocycles. The van der Waals surface area contributed by atoms with E-state index in [4.69, 9.17) is 4.74 Å². The number of imide groups is 1. The second-order valence-corrected chi connectivity index (χ2v) is 16.0. The predicted molar refractivity (Wildman–Crippen MR) is 226 cm³/mol. The van der Waals surface area contributed by atoms with E-state index in [-0.39, 0.29) is 35.7 Å². The second-order valence-electron chi connectivity index (χ2n) is 16.0. The Morgan fingerprint density at radius 2 is 1.67 bits per heavy atom. The molecule has 9 rings (SSSR count). The number of carbonyl (C=O) groups excluding carboxylic acids is 2. The van der Waals surface area contributed by atoms with Crippen molar-refractivity contribution in [2.75, 3.05) is 90.8 Å². The molecule has 3 saturated heterocycles. The van der Waals surface area contributed by atoms with Gasteiger partial charge < -0.3 is 25.2 Å². The van der Waals surface area contributed by atoms with E-state index >= 15 is 0 Å². The lowest BCUT2D eigenvalue weighted by Gasteiger charge is -2.40. The van der Waals surface area contributed by atoms with Crippen LogP contribution in [0.25, 0.3) is 22.0 Å². The van der Waals surface area contributed by atoms with Crippen LogP contribution in [0.1, 0.15) is 36.0 Å². The summed E-state index contributed by atoms with van der Waals surface area (Å²) < 4.78 is 49.6. The van der Waals surface area contributed by atoms with Crippen molar-refractivity contribution in [2.45, 2.75) is 39.3 Å². The van der Waals surface area contributed by atoms with Gasteiger partial charge in [0.25, 0.3) is 0 Å². The van der Waals surface area contributed by atoms with Crippen LogP contribution < -0.4 is 35.4 Å². The number of hydrogen-bond donors (Lipinski definition) is 3. The highest BCUT2D eigenvalue weighted by atomic mass is 19.4. The Morgan fingerprint density at radius 3 is 2.43 bits per heavy atom. The fourth-order valence-corrected chi connectivity index (χ4v) is 8.85. The van der Waals surface area contributed by atoms with Gasteiger partial charge in [-0.2, -0.15) is 13.2 Å². The molecule has 0 spiro atoms. The van der Waals surface area contributed by atoms with E-state index in [1.807, 2.05) is 49.1 Å². The van der Waals surface area contributed by atoms with Crippen molar-refractivity contribution in [3.63, 3.8) is 0 Å². The summed E-state index contributed by atoms with van der Waals surface area (Å²) >= 11 is 0. The van der Waals surface area contributed by atoms with Gasteiger partial charge in [0.05, 0.1) is 11.1 Å². The summed E-state index contributed by atoms with van der Waals surface area (Å²) in [7, 11) is 0. The first-order chi connectivity index (χ1) is 29.0. The fourth-order valence-electron chi connectivity index (χ4n) is 8.85. The maximum absolute atomic E-state index is 14.6. The van der Waals surface area contributed by atoms with Gasteiger partial charge in [0.2, 0.25) is 17.7 Å². The molecule has 60 heavy (non-hydrogen) atoms. The van der Waals surface area contributed by atoms with E-state index in [2.05, 4.69) is 46.8 Å². The summed E-state index contributed by atoms with van der Waals surface area (Å²) in [6, 6.07) is 15.9. The average Bonchev–Trinajstić information content (AvgIpc) is 3.24. The smallest absolute Gasteiger partial charge is 0.418 e. The fraction of sp³-hybridized carbons (Fsp3) is 0.386. The summed E-state index contributed by atoms with van der Waals surface area (Å²) in [6.45, 7) is 11.1. The van der Waals surface area contributed by atoms with Gasteiger partial charge in [0, 0.05) is 111 Å². The van der Waals surface area contributed by atoms with Crippen LogP contribution in [0.15, 0.2) is 67.0 Å². The van der Waals surface area contributed by atoms with Gasteiger partial charge in [0.1, 0.15) is 12.3 Å². The number of nitrogens with one attached hydrogen (secondary N) is 3. The highest BCUT2D eigenvalue weighted by Gasteiger charge is 2.36. The van der Waals surface area contributed by atoms with Crippen molar-refractivity contribution >= 4 is 57.2 Å². The third kappa shape index (κ3) is 8.07. The van der Waals surface area contributed by atoms with Gasteiger partial charge in [0.15, 0.2) is 0 Å². The molecule has 6 heterocycles. The Labute approximate surface area is 345 Å². The highest BCUT2D eigenvalue weighted by molar-refractivity contribution is 6.06. The Balaban J connectivity index is 0.810. The van der Waals surface area contributed by atoms with Crippen LogP contribution in [0.4, 0.5) is 52.4 Å². The van der Waals surface area contributed by atoms with Crippen LogP contribution in [0.2, 0.25) is 0 Å². The van der Waals surface area contributed by atoms with Gasteiger partial charge in [-0.25, -0.2) is 19.7 Å². The van der Waals surface area contributed by atoms with Gasteiger partial charge in [-0.3, -0.25) is 19.9 Å². The third-order valence-corrected chi connectivity index (χ3v) is 12.1. The number of nitrogens with zero attached hydrogens (tertiary/aromatic N) is 7. The van der Waals surface area contributed by atoms with E-state index in [1.165, 1.54) is 0 Å². The van der Waals surface area contributed by atoms with E-state index in [1.54, 1.807) is 29.4 Å². The minimum atomic E-state index is -4.55. The molecule has 0 unspecified atom stereocenters. The number of rotatable bonds is 8. The number of ether oxygens (including phenoxy) is 1. The number of amides is 3. The number of aryl methyl sites for hydroxylation is 1. The SMILES string of the molecule is Cc1cc(N2CCN(CC3CCN(c4ccc(Nc5ncc6ccc(-c7cnc8c(c7C)NCCO8)cc6n5)cc4C(F)(F)F)CC3)CC2)ccc1N1CCC(=O)NC1=O. The van der Waals surface area contributed by atoms with Gasteiger partial charge in [-0.05, 0) is 91.8 Å². The number of benzene rings is 3. The number of piperidine rings is 1. The average molecular weight is 821 g/mol. The largest absolute Gasteiger partial charge is 0.474 e. The van der Waals surface area contributed by atoms with Crippen molar-refractivity contribution in [1.82, 2.24) is 25.2 Å². The molecule has 312 valence electrons. The first-order valence-electron chi connectivity index (χ1n) is 20.5. The summed E-state index contributed by atoms with van der Waals surface area (Å²) in [5.41, 5.74) is 7.00. The van der Waals surface area contributed by atoms with E-state index in [9.17, 15) is 22.8 Å². The molecule has 4 aliphatic rings. The molecular weight excluding hydrogens is 774 g/mol. The Bertz CT molecular complexity index is 2450. The molecule has 4 aliphatic heterocycles. The number of pyridine rings is 1. The Morgan fingerprint density at radius 1 is 0.867 bits per heavy atom. The van der Waals surface area contributed by atoms with Crippen molar-refractivity contribution in [3.05, 3.63) is 83.7 Å². The van der Waals surface area contributed by atoms with Crippen LogP contribution in [-0.4, -0.2) is 97.3 Å². The minimum absolute atomic E-state index is 0.189. The Kier molecular flexibility index (Phi) is 10.6. The van der Waals surface area contributed by atoms with E-state index < -0.39 is 11.7 Å². The third-order valence-electron chi connectivity index (χ3n) is 12.1. The zero-order chi connectivity index (χ0) is 41.5. The van der Waals surface area contributed by atoms with E-state index in [0.29, 0.717) is 50.1 Å². The van der Waals surface area contributed by atoms with Gasteiger partial charge in [-0.1, -0.05) is 12.1 Å². The lowest BCUT2D eigenvalue weighted by Crippen LogP contribution is -2.50. The minimum Gasteiger partial charge on any atom is -0.474 e. The maximum atomic E-state index is 14.6. The number of fused-ring (bicyclic) bond motifs is 2. The molecule has 3 aromatic carbocycles.